The summed E-state index contributed by atoms with van der Waals surface area (Å²) in [6.45, 7) is 6.02. The molecule has 0 radical (unpaired) electrons. The number of amidine groups is 1. The van der Waals surface area contributed by atoms with Crippen LogP contribution in [0.25, 0.3) is 5.57 Å². The first-order valence-corrected chi connectivity index (χ1v) is 9.06. The van der Waals surface area contributed by atoms with Crippen LogP contribution in [0.15, 0.2) is 65.3 Å². The summed E-state index contributed by atoms with van der Waals surface area (Å²) in [7, 11) is 0. The van der Waals surface area contributed by atoms with E-state index in [0.29, 0.717) is 33.0 Å². The van der Waals surface area contributed by atoms with Gasteiger partial charge in [0.05, 0.1) is 15.6 Å². The molecule has 2 N–H and O–H groups in total. The highest BCUT2D eigenvalue weighted by molar-refractivity contribution is 8.18. The molecule has 5 nitrogen and oxygen atoms in total. The fourth-order valence-corrected chi connectivity index (χ4v) is 3.66. The number of pyridine rings is 1. The van der Waals surface area contributed by atoms with Crippen molar-refractivity contribution in [1.29, 1.82) is 0 Å². The van der Waals surface area contributed by atoms with Gasteiger partial charge in [0.2, 0.25) is 0 Å². The van der Waals surface area contributed by atoms with E-state index in [2.05, 4.69) is 16.6 Å². The third kappa shape index (κ3) is 3.66. The zero-order valence-electron chi connectivity index (χ0n) is 14.1. The highest BCUT2D eigenvalue weighted by Crippen LogP contribution is 2.38. The Kier molecular flexibility index (Phi) is 5.44. The normalized spacial score (nSPS) is 17.7. The molecule has 0 unspecified atom stereocenters. The third-order valence-electron chi connectivity index (χ3n) is 3.83. The maximum absolute atomic E-state index is 12.9. The largest absolute Gasteiger partial charge is 0.399 e. The van der Waals surface area contributed by atoms with Gasteiger partial charge in [-0.1, -0.05) is 29.8 Å². The molecule has 1 aliphatic heterocycles. The number of aliphatic imine (C=N–C) groups is 1. The van der Waals surface area contributed by atoms with Crippen LogP contribution < -0.4 is 5.73 Å². The summed E-state index contributed by atoms with van der Waals surface area (Å²) in [5, 5.41) is 0.993. The summed E-state index contributed by atoms with van der Waals surface area (Å²) in [5.41, 5.74) is 8.81. The van der Waals surface area contributed by atoms with E-state index in [1.54, 1.807) is 23.2 Å². The van der Waals surface area contributed by atoms with Gasteiger partial charge in [0.1, 0.15) is 0 Å². The number of aromatic nitrogens is 1. The van der Waals surface area contributed by atoms with E-state index < -0.39 is 0 Å². The topological polar surface area (TPSA) is 71.6 Å². The zero-order chi connectivity index (χ0) is 18.7. The van der Waals surface area contributed by atoms with Gasteiger partial charge >= 0.3 is 0 Å². The summed E-state index contributed by atoms with van der Waals surface area (Å²) in [5.74, 6) is -0.104. The Morgan fingerprint density at radius 2 is 2.12 bits per heavy atom. The Balaban J connectivity index is 2.03. The number of hydrogen-bond acceptors (Lipinski definition) is 5. The SMILES string of the molecule is C=CCN1C(=O)/C(=C(\C)c2ccc(N)cc2)SC1=Nc1ccncc1Cl. The van der Waals surface area contributed by atoms with Gasteiger partial charge in [0, 0.05) is 24.6 Å². The van der Waals surface area contributed by atoms with Crippen molar-refractivity contribution in [3.8, 4) is 0 Å². The number of allylic oxidation sites excluding steroid dienone is 1. The van der Waals surface area contributed by atoms with Gasteiger partial charge in [-0.3, -0.25) is 14.7 Å². The van der Waals surface area contributed by atoms with Crippen LogP contribution in [0.4, 0.5) is 11.4 Å². The first-order chi connectivity index (χ1) is 12.5. The Morgan fingerprint density at radius 1 is 1.38 bits per heavy atom. The van der Waals surface area contributed by atoms with Gasteiger partial charge in [-0.2, -0.15) is 0 Å². The number of hydrogen-bond donors (Lipinski definition) is 1. The lowest BCUT2D eigenvalue weighted by molar-refractivity contribution is -0.121. The molecule has 1 aliphatic rings. The van der Waals surface area contributed by atoms with E-state index in [1.807, 2.05) is 31.2 Å². The van der Waals surface area contributed by atoms with E-state index in [1.165, 1.54) is 18.0 Å². The van der Waals surface area contributed by atoms with Gasteiger partial charge in [-0.15, -0.1) is 6.58 Å². The van der Waals surface area contributed by atoms with Gasteiger partial charge in [-0.25, -0.2) is 4.99 Å². The Hall–Kier alpha value is -2.57. The molecule has 0 saturated carbocycles. The van der Waals surface area contributed by atoms with Crippen LogP contribution >= 0.6 is 23.4 Å². The zero-order valence-corrected chi connectivity index (χ0v) is 15.7. The molecule has 1 fully saturated rings. The molecule has 26 heavy (non-hydrogen) atoms. The number of carbonyl (C=O) groups excluding carboxylic acids is 1. The van der Waals surface area contributed by atoms with Crippen molar-refractivity contribution < 1.29 is 4.79 Å². The predicted octanol–water partition coefficient (Wildman–Crippen LogP) is 4.50. The molecule has 1 aromatic carbocycles. The van der Waals surface area contributed by atoms with Gasteiger partial charge in [-0.05, 0) is 48.0 Å². The molecular weight excluding hydrogens is 368 g/mol. The molecule has 3 rings (SSSR count). The molecule has 1 amide bonds. The lowest BCUT2D eigenvalue weighted by Crippen LogP contribution is -2.29. The number of benzene rings is 1. The minimum atomic E-state index is -0.104. The number of nitrogens with zero attached hydrogens (tertiary/aromatic N) is 3. The number of nitrogens with two attached hydrogens (primary N) is 1. The molecule has 1 aromatic heterocycles. The van der Waals surface area contributed by atoms with Crippen LogP contribution in [-0.4, -0.2) is 27.5 Å². The van der Waals surface area contributed by atoms with Crippen molar-refractivity contribution in [2.75, 3.05) is 12.3 Å². The summed E-state index contributed by atoms with van der Waals surface area (Å²) in [6.07, 6.45) is 4.81. The fraction of sp³-hybridized carbons (Fsp3) is 0.105. The molecular formula is C19H17ClN4OS. The minimum absolute atomic E-state index is 0.104. The van der Waals surface area contributed by atoms with Crippen LogP contribution in [0.3, 0.4) is 0 Å². The molecule has 2 heterocycles. The quantitative estimate of drug-likeness (QED) is 0.478. The van der Waals surface area contributed by atoms with Crippen molar-refractivity contribution in [1.82, 2.24) is 9.88 Å². The standard InChI is InChI=1S/C19H17ClN4OS/c1-3-10-24-18(25)17(12(2)13-4-6-14(21)7-5-13)26-19(24)23-16-8-9-22-11-15(16)20/h3-9,11H,1,10,21H2,2H3/b17-12-,23-19?. The third-order valence-corrected chi connectivity index (χ3v) is 5.30. The molecule has 7 heteroatoms. The van der Waals surface area contributed by atoms with E-state index in [0.717, 1.165) is 11.1 Å². The number of rotatable bonds is 4. The number of amides is 1. The Labute approximate surface area is 161 Å². The van der Waals surface area contributed by atoms with Gasteiger partial charge in [0.25, 0.3) is 5.91 Å². The highest BCUT2D eigenvalue weighted by Gasteiger charge is 2.34. The second-order valence-electron chi connectivity index (χ2n) is 5.60. The number of carbonyl (C=O) groups is 1. The molecule has 132 valence electrons. The molecule has 0 atom stereocenters. The van der Waals surface area contributed by atoms with Crippen molar-refractivity contribution >= 4 is 51.4 Å². The maximum atomic E-state index is 12.9. The fourth-order valence-electron chi connectivity index (χ4n) is 2.44. The highest BCUT2D eigenvalue weighted by atomic mass is 35.5. The van der Waals surface area contributed by atoms with Crippen LogP contribution in [0, 0.1) is 0 Å². The van der Waals surface area contributed by atoms with Gasteiger partial charge < -0.3 is 5.73 Å². The molecule has 0 spiro atoms. The van der Waals surface area contributed by atoms with Crippen LogP contribution in [0.2, 0.25) is 5.02 Å². The van der Waals surface area contributed by atoms with Crippen molar-refractivity contribution in [3.63, 3.8) is 0 Å². The van der Waals surface area contributed by atoms with Crippen molar-refractivity contribution in [3.05, 3.63) is 70.9 Å². The minimum Gasteiger partial charge on any atom is -0.399 e. The predicted molar refractivity (Wildman–Crippen MR) is 109 cm³/mol. The van der Waals surface area contributed by atoms with Crippen LogP contribution in [0.5, 0.6) is 0 Å². The van der Waals surface area contributed by atoms with E-state index in [-0.39, 0.29) is 5.91 Å². The van der Waals surface area contributed by atoms with Gasteiger partial charge in [0.15, 0.2) is 5.17 Å². The second-order valence-corrected chi connectivity index (χ2v) is 6.99. The molecule has 1 saturated heterocycles. The first kappa shape index (κ1) is 18.2. The van der Waals surface area contributed by atoms with E-state index >= 15 is 0 Å². The lowest BCUT2D eigenvalue weighted by atomic mass is 10.1. The van der Waals surface area contributed by atoms with E-state index in [4.69, 9.17) is 17.3 Å². The van der Waals surface area contributed by atoms with E-state index in [9.17, 15) is 4.79 Å². The van der Waals surface area contributed by atoms with Crippen LogP contribution in [-0.2, 0) is 4.79 Å². The average Bonchev–Trinajstić information content (AvgIpc) is 2.94. The Bertz CT molecular complexity index is 921. The first-order valence-electron chi connectivity index (χ1n) is 7.87. The van der Waals surface area contributed by atoms with Crippen molar-refractivity contribution in [2.24, 2.45) is 4.99 Å². The summed E-state index contributed by atoms with van der Waals surface area (Å²) < 4.78 is 0. The molecule has 2 aromatic rings. The number of anilines is 1. The Morgan fingerprint density at radius 3 is 2.77 bits per heavy atom. The lowest BCUT2D eigenvalue weighted by Gasteiger charge is -2.13. The maximum Gasteiger partial charge on any atom is 0.267 e. The van der Waals surface area contributed by atoms with Crippen LogP contribution in [0.1, 0.15) is 12.5 Å². The number of thioether (sulfide) groups is 1. The number of nitrogen functional groups attached to an aromatic ring is 1. The van der Waals surface area contributed by atoms with Crippen molar-refractivity contribution in [2.45, 2.75) is 6.92 Å². The average molecular weight is 385 g/mol. The smallest absolute Gasteiger partial charge is 0.267 e. The summed E-state index contributed by atoms with van der Waals surface area (Å²) in [4.78, 5) is 23.6. The monoisotopic (exact) mass is 384 g/mol. The summed E-state index contributed by atoms with van der Waals surface area (Å²) >= 11 is 7.47. The second kappa shape index (κ2) is 7.76. The summed E-state index contributed by atoms with van der Waals surface area (Å²) in [6, 6.07) is 9.14. The molecule has 0 aliphatic carbocycles. The number of halogens is 1. The molecule has 0 bridgehead atoms.